The molecule has 0 spiro atoms. The monoisotopic (exact) mass is 244 g/mol. The largest absolute Gasteiger partial charge is 0.494 e. The number of halogens is 2. The summed E-state index contributed by atoms with van der Waals surface area (Å²) in [6.07, 6.45) is 0. The van der Waals surface area contributed by atoms with Crippen LogP contribution in [-0.4, -0.2) is 18.8 Å². The average molecular weight is 245 g/mol. The number of benzene rings is 1. The summed E-state index contributed by atoms with van der Waals surface area (Å²) in [7, 11) is 1.36. The number of hydrogen-bond acceptors (Lipinski definition) is 2. The summed E-state index contributed by atoms with van der Waals surface area (Å²) in [4.78, 5) is 12.0. The molecule has 1 aromatic rings. The molecule has 1 aromatic carbocycles. The van der Waals surface area contributed by atoms with E-state index in [-0.39, 0.29) is 17.4 Å². The minimum Gasteiger partial charge on any atom is -0.494 e. The molecular weight excluding hydrogens is 231 g/mol. The van der Waals surface area contributed by atoms with Gasteiger partial charge in [0.2, 0.25) is 0 Å². The molecule has 0 bridgehead atoms. The van der Waals surface area contributed by atoms with Crippen molar-refractivity contribution in [2.75, 3.05) is 13.0 Å². The fourth-order valence-corrected chi connectivity index (χ4v) is 1.37. The first-order valence-electron chi connectivity index (χ1n) is 4.86. The van der Waals surface area contributed by atoms with Crippen molar-refractivity contribution < 1.29 is 13.9 Å². The Bertz CT molecular complexity index is 402. The first kappa shape index (κ1) is 13.0. The second kappa shape index (κ2) is 4.83. The van der Waals surface area contributed by atoms with Crippen molar-refractivity contribution in [3.8, 4) is 5.75 Å². The number of hydrogen-bond donors (Lipinski definition) is 0. The van der Waals surface area contributed by atoms with Gasteiger partial charge < -0.3 is 4.74 Å². The van der Waals surface area contributed by atoms with E-state index in [0.29, 0.717) is 5.56 Å². The molecule has 0 fully saturated rings. The van der Waals surface area contributed by atoms with Crippen LogP contribution in [0.2, 0.25) is 0 Å². The highest BCUT2D eigenvalue weighted by Gasteiger charge is 2.28. The maximum Gasteiger partial charge on any atom is 0.169 e. The standard InChI is InChI=1S/C12H14ClFO2/c1-12(2,7-13)11(15)8-4-5-9(14)10(6-8)16-3/h4-6H,7H2,1-3H3. The van der Waals surface area contributed by atoms with Crippen molar-refractivity contribution in [3.05, 3.63) is 29.6 Å². The normalized spacial score (nSPS) is 11.3. The summed E-state index contributed by atoms with van der Waals surface area (Å²) >= 11 is 5.72. The van der Waals surface area contributed by atoms with Gasteiger partial charge in [-0.05, 0) is 18.2 Å². The molecule has 0 amide bonds. The molecule has 4 heteroatoms. The van der Waals surface area contributed by atoms with Gasteiger partial charge in [0, 0.05) is 16.9 Å². The predicted octanol–water partition coefficient (Wildman–Crippen LogP) is 3.28. The topological polar surface area (TPSA) is 26.3 Å². The lowest BCUT2D eigenvalue weighted by molar-refractivity contribution is 0.0861. The van der Waals surface area contributed by atoms with Crippen LogP contribution in [0.5, 0.6) is 5.75 Å². The van der Waals surface area contributed by atoms with Crippen molar-refractivity contribution in [1.29, 1.82) is 0 Å². The zero-order valence-corrected chi connectivity index (χ0v) is 10.3. The summed E-state index contributed by atoms with van der Waals surface area (Å²) < 4.78 is 18.0. The van der Waals surface area contributed by atoms with Crippen LogP contribution < -0.4 is 4.74 Å². The lowest BCUT2D eigenvalue weighted by Gasteiger charge is -2.19. The van der Waals surface area contributed by atoms with E-state index in [1.807, 2.05) is 0 Å². The van der Waals surface area contributed by atoms with E-state index in [0.717, 1.165) is 0 Å². The van der Waals surface area contributed by atoms with Gasteiger partial charge in [-0.25, -0.2) is 4.39 Å². The van der Waals surface area contributed by atoms with Crippen molar-refractivity contribution in [2.24, 2.45) is 5.41 Å². The third-order valence-electron chi connectivity index (χ3n) is 2.36. The average Bonchev–Trinajstić information content (AvgIpc) is 2.28. The van der Waals surface area contributed by atoms with E-state index < -0.39 is 11.2 Å². The molecule has 0 radical (unpaired) electrons. The molecule has 0 aliphatic carbocycles. The van der Waals surface area contributed by atoms with E-state index >= 15 is 0 Å². The number of ketones is 1. The number of alkyl halides is 1. The van der Waals surface area contributed by atoms with Gasteiger partial charge >= 0.3 is 0 Å². The highest BCUT2D eigenvalue weighted by molar-refractivity contribution is 6.21. The maximum absolute atomic E-state index is 13.1. The Morgan fingerprint density at radius 3 is 2.62 bits per heavy atom. The quantitative estimate of drug-likeness (QED) is 0.600. The van der Waals surface area contributed by atoms with Crippen LogP contribution in [-0.2, 0) is 0 Å². The molecule has 1 rings (SSSR count). The fraction of sp³-hybridized carbons (Fsp3) is 0.417. The third-order valence-corrected chi connectivity index (χ3v) is 3.03. The minimum absolute atomic E-state index is 0.0659. The molecule has 0 aliphatic rings. The van der Waals surface area contributed by atoms with E-state index in [1.54, 1.807) is 13.8 Å². The van der Waals surface area contributed by atoms with E-state index in [9.17, 15) is 9.18 Å². The van der Waals surface area contributed by atoms with Crippen molar-refractivity contribution in [1.82, 2.24) is 0 Å². The highest BCUT2D eigenvalue weighted by atomic mass is 35.5. The molecule has 0 unspecified atom stereocenters. The van der Waals surface area contributed by atoms with Gasteiger partial charge in [0.25, 0.3) is 0 Å². The molecule has 0 atom stereocenters. The molecule has 88 valence electrons. The molecule has 0 aliphatic heterocycles. The summed E-state index contributed by atoms with van der Waals surface area (Å²) in [5, 5.41) is 0. The van der Waals surface area contributed by atoms with Crippen LogP contribution in [0.1, 0.15) is 24.2 Å². The second-order valence-corrected chi connectivity index (χ2v) is 4.46. The molecule has 0 aromatic heterocycles. The Balaban J connectivity index is 3.10. The Morgan fingerprint density at radius 1 is 1.50 bits per heavy atom. The summed E-state index contributed by atoms with van der Waals surface area (Å²) in [6.45, 7) is 3.50. The summed E-state index contributed by atoms with van der Waals surface area (Å²) in [5.74, 6) is -0.328. The van der Waals surface area contributed by atoms with Gasteiger partial charge in [-0.1, -0.05) is 13.8 Å². The number of ether oxygens (including phenoxy) is 1. The number of rotatable bonds is 4. The van der Waals surface area contributed by atoms with Crippen molar-refractivity contribution in [3.63, 3.8) is 0 Å². The Kier molecular flexibility index (Phi) is 3.92. The van der Waals surface area contributed by atoms with Crippen LogP contribution in [0, 0.1) is 11.2 Å². The van der Waals surface area contributed by atoms with Gasteiger partial charge in [0.05, 0.1) is 7.11 Å². The van der Waals surface area contributed by atoms with Crippen LogP contribution in [0.15, 0.2) is 18.2 Å². The first-order chi connectivity index (χ1) is 7.42. The predicted molar refractivity (Wildman–Crippen MR) is 61.8 cm³/mol. The molecule has 0 heterocycles. The van der Waals surface area contributed by atoms with Gasteiger partial charge in [-0.15, -0.1) is 11.6 Å². The second-order valence-electron chi connectivity index (χ2n) is 4.20. The number of methoxy groups -OCH3 is 1. The number of Topliss-reactive ketones (excluding diaryl/α,β-unsaturated/α-hetero) is 1. The van der Waals surface area contributed by atoms with Crippen LogP contribution >= 0.6 is 11.6 Å². The molecule has 0 N–H and O–H groups in total. The molecule has 16 heavy (non-hydrogen) atoms. The summed E-state index contributed by atoms with van der Waals surface area (Å²) in [5.41, 5.74) is -0.256. The lowest BCUT2D eigenvalue weighted by atomic mass is 9.86. The SMILES string of the molecule is COc1cc(C(=O)C(C)(C)CCl)ccc1F. The Hall–Kier alpha value is -1.09. The Morgan fingerprint density at radius 2 is 2.12 bits per heavy atom. The van der Waals surface area contributed by atoms with Crippen LogP contribution in [0.4, 0.5) is 4.39 Å². The van der Waals surface area contributed by atoms with Gasteiger partial charge in [-0.2, -0.15) is 0 Å². The van der Waals surface area contributed by atoms with Gasteiger partial charge in [0.1, 0.15) is 0 Å². The van der Waals surface area contributed by atoms with Gasteiger partial charge in [-0.3, -0.25) is 4.79 Å². The van der Waals surface area contributed by atoms with Crippen LogP contribution in [0.25, 0.3) is 0 Å². The highest BCUT2D eigenvalue weighted by Crippen LogP contribution is 2.26. The van der Waals surface area contributed by atoms with Crippen molar-refractivity contribution >= 4 is 17.4 Å². The van der Waals surface area contributed by atoms with E-state index in [2.05, 4.69) is 0 Å². The maximum atomic E-state index is 13.1. The van der Waals surface area contributed by atoms with Crippen molar-refractivity contribution in [2.45, 2.75) is 13.8 Å². The minimum atomic E-state index is -0.662. The molecule has 0 saturated heterocycles. The molecule has 2 nitrogen and oxygen atoms in total. The fourth-order valence-electron chi connectivity index (χ4n) is 1.25. The molecular formula is C12H14ClFO2. The first-order valence-corrected chi connectivity index (χ1v) is 5.40. The van der Waals surface area contributed by atoms with E-state index in [4.69, 9.17) is 16.3 Å². The third kappa shape index (κ3) is 2.53. The molecule has 0 saturated carbocycles. The summed E-state index contributed by atoms with van der Waals surface area (Å²) in [6, 6.07) is 4.05. The Labute approximate surface area is 99.4 Å². The van der Waals surface area contributed by atoms with E-state index in [1.165, 1.54) is 25.3 Å². The zero-order chi connectivity index (χ0) is 12.3. The zero-order valence-electron chi connectivity index (χ0n) is 9.51. The lowest BCUT2D eigenvalue weighted by Crippen LogP contribution is -2.26. The van der Waals surface area contributed by atoms with Gasteiger partial charge in [0.15, 0.2) is 17.3 Å². The van der Waals surface area contributed by atoms with Crippen LogP contribution in [0.3, 0.4) is 0 Å². The smallest absolute Gasteiger partial charge is 0.169 e. The number of carbonyl (C=O) groups is 1. The number of carbonyl (C=O) groups excluding carboxylic acids is 1.